The van der Waals surface area contributed by atoms with Crippen molar-refractivity contribution in [3.63, 3.8) is 0 Å². The van der Waals surface area contributed by atoms with Gasteiger partial charge in [0.05, 0.1) is 22.7 Å². The largest absolute Gasteiger partial charge is 0.326 e. The summed E-state index contributed by atoms with van der Waals surface area (Å²) in [5.74, 6) is -0.259. The Labute approximate surface area is 187 Å². The molecule has 4 aromatic rings. The summed E-state index contributed by atoms with van der Waals surface area (Å²) in [5.41, 5.74) is 4.19. The summed E-state index contributed by atoms with van der Waals surface area (Å²) in [6, 6.07) is 18.4. The molecule has 0 saturated carbocycles. The van der Waals surface area contributed by atoms with Crippen LogP contribution in [0.15, 0.2) is 81.6 Å². The van der Waals surface area contributed by atoms with Crippen molar-refractivity contribution in [1.82, 2.24) is 9.38 Å². The van der Waals surface area contributed by atoms with Crippen molar-refractivity contribution < 1.29 is 13.2 Å². The number of fused-ring (bicyclic) bond motifs is 2. The van der Waals surface area contributed by atoms with E-state index in [4.69, 9.17) is 4.98 Å². The van der Waals surface area contributed by atoms with Crippen LogP contribution in [0, 0.1) is 0 Å². The summed E-state index contributed by atoms with van der Waals surface area (Å²) in [6.45, 7) is 0. The minimum Gasteiger partial charge on any atom is -0.326 e. The Balaban J connectivity index is 1.49. The predicted molar refractivity (Wildman–Crippen MR) is 123 cm³/mol. The molecule has 5 rings (SSSR count). The van der Waals surface area contributed by atoms with Crippen LogP contribution in [0.3, 0.4) is 0 Å². The van der Waals surface area contributed by atoms with Gasteiger partial charge in [-0.2, -0.15) is 0 Å². The average Bonchev–Trinajstić information content (AvgIpc) is 3.25. The molecular weight excluding hydrogens is 478 g/mol. The summed E-state index contributed by atoms with van der Waals surface area (Å²) >= 11 is 3.46. The highest BCUT2D eigenvalue weighted by Crippen LogP contribution is 2.30. The van der Waals surface area contributed by atoms with Gasteiger partial charge < -0.3 is 9.72 Å². The number of sulfone groups is 1. The highest BCUT2D eigenvalue weighted by atomic mass is 79.9. The van der Waals surface area contributed by atoms with E-state index in [0.29, 0.717) is 11.3 Å². The molecule has 6 nitrogen and oxygen atoms in total. The first-order valence-electron chi connectivity index (χ1n) is 9.50. The van der Waals surface area contributed by atoms with E-state index in [2.05, 4.69) is 21.2 Å². The summed E-state index contributed by atoms with van der Waals surface area (Å²) in [7, 11) is -3.44. The highest BCUT2D eigenvalue weighted by molar-refractivity contribution is 9.10. The number of carbonyl (C=O) groups excluding carboxylic acids is 1. The van der Waals surface area contributed by atoms with Crippen LogP contribution in [0.2, 0.25) is 0 Å². The molecule has 1 amide bonds. The molecule has 3 heterocycles. The van der Waals surface area contributed by atoms with Gasteiger partial charge in [0.15, 0.2) is 0 Å². The van der Waals surface area contributed by atoms with Crippen LogP contribution in [0.1, 0.15) is 11.3 Å². The molecule has 0 unspecified atom stereocenters. The lowest BCUT2D eigenvalue weighted by Crippen LogP contribution is -2.16. The summed E-state index contributed by atoms with van der Waals surface area (Å²) in [6.07, 6.45) is 3.50. The number of aromatic nitrogens is 2. The number of hydrogen-bond acceptors (Lipinski definition) is 4. The van der Waals surface area contributed by atoms with E-state index >= 15 is 0 Å². The van der Waals surface area contributed by atoms with Gasteiger partial charge in [-0.15, -0.1) is 0 Å². The van der Waals surface area contributed by atoms with Gasteiger partial charge in [-0.1, -0.05) is 52.3 Å². The minimum atomic E-state index is -3.44. The number of rotatable bonds is 4. The number of nitrogens with zero attached hydrogens (tertiary/aromatic N) is 2. The van der Waals surface area contributed by atoms with Gasteiger partial charge in [-0.25, -0.2) is 13.4 Å². The molecule has 8 heteroatoms. The molecule has 154 valence electrons. The maximum Gasteiger partial charge on any atom is 0.230 e. The van der Waals surface area contributed by atoms with Crippen molar-refractivity contribution in [2.45, 2.75) is 11.3 Å². The lowest BCUT2D eigenvalue weighted by atomic mass is 10.1. The van der Waals surface area contributed by atoms with Crippen LogP contribution in [0.4, 0.5) is 5.69 Å². The number of anilines is 1. The number of benzene rings is 2. The topological polar surface area (TPSA) is 80.5 Å². The van der Waals surface area contributed by atoms with Crippen molar-refractivity contribution >= 4 is 49.1 Å². The van der Waals surface area contributed by atoms with E-state index in [-0.39, 0.29) is 17.2 Å². The van der Waals surface area contributed by atoms with Crippen molar-refractivity contribution in [2.24, 2.45) is 0 Å². The van der Waals surface area contributed by atoms with Gasteiger partial charge >= 0.3 is 0 Å². The molecule has 0 bridgehead atoms. The zero-order chi connectivity index (χ0) is 21.6. The van der Waals surface area contributed by atoms with Crippen LogP contribution in [0.25, 0.3) is 23.0 Å². The number of nitrogens with one attached hydrogen (secondary N) is 1. The van der Waals surface area contributed by atoms with Gasteiger partial charge in [0, 0.05) is 27.3 Å². The Hall–Kier alpha value is -3.23. The number of carbonyl (C=O) groups is 1. The molecule has 1 aliphatic rings. The first kappa shape index (κ1) is 19.7. The summed E-state index contributed by atoms with van der Waals surface area (Å²) < 4.78 is 27.0. The maximum absolute atomic E-state index is 12.9. The fourth-order valence-corrected chi connectivity index (χ4v) is 5.21. The molecule has 0 saturated heterocycles. The van der Waals surface area contributed by atoms with E-state index in [1.807, 2.05) is 53.1 Å². The highest BCUT2D eigenvalue weighted by Gasteiger charge is 2.22. The van der Waals surface area contributed by atoms with Gasteiger partial charge in [0.1, 0.15) is 5.65 Å². The van der Waals surface area contributed by atoms with Crippen LogP contribution < -0.4 is 5.32 Å². The number of hydrogen-bond donors (Lipinski definition) is 1. The van der Waals surface area contributed by atoms with Crippen LogP contribution in [-0.4, -0.2) is 23.7 Å². The standard InChI is InChI=1S/C23H16BrN3O3S/c24-17-8-10-27-19(23(26-21(27)12-17)16-4-2-1-3-5-16)14-22(28)25-18-7-6-15-9-11-31(29,30)20(15)13-18/h1-13H,14H2,(H,25,28). The molecule has 31 heavy (non-hydrogen) atoms. The minimum absolute atomic E-state index is 0.0785. The first-order chi connectivity index (χ1) is 14.9. The normalized spacial score (nSPS) is 14.0. The second-order valence-electron chi connectivity index (χ2n) is 7.17. The maximum atomic E-state index is 12.9. The second-order valence-corrected chi connectivity index (χ2v) is 9.89. The fourth-order valence-electron chi connectivity index (χ4n) is 3.66. The Kier molecular flexibility index (Phi) is 4.75. The second kappa shape index (κ2) is 7.47. The monoisotopic (exact) mass is 493 g/mol. The zero-order valence-electron chi connectivity index (χ0n) is 16.1. The summed E-state index contributed by atoms with van der Waals surface area (Å²) in [5, 5.41) is 3.99. The zero-order valence-corrected chi connectivity index (χ0v) is 18.5. The lowest BCUT2D eigenvalue weighted by Gasteiger charge is -2.09. The quantitative estimate of drug-likeness (QED) is 0.446. The van der Waals surface area contributed by atoms with E-state index in [9.17, 15) is 13.2 Å². The lowest BCUT2D eigenvalue weighted by molar-refractivity contribution is -0.115. The number of halogens is 1. The van der Waals surface area contributed by atoms with Crippen molar-refractivity contribution in [1.29, 1.82) is 0 Å². The number of pyridine rings is 1. The van der Waals surface area contributed by atoms with E-state index in [0.717, 1.165) is 27.1 Å². The molecule has 2 aromatic heterocycles. The smallest absolute Gasteiger partial charge is 0.230 e. The molecule has 0 radical (unpaired) electrons. The molecule has 2 aromatic carbocycles. The Morgan fingerprint density at radius 2 is 1.87 bits per heavy atom. The molecule has 0 fully saturated rings. The fraction of sp³-hybridized carbons (Fsp3) is 0.0435. The van der Waals surface area contributed by atoms with Crippen molar-refractivity contribution in [3.05, 3.63) is 88.0 Å². The average molecular weight is 494 g/mol. The molecule has 0 aliphatic carbocycles. The van der Waals surface area contributed by atoms with E-state index in [1.54, 1.807) is 18.2 Å². The van der Waals surface area contributed by atoms with E-state index in [1.165, 1.54) is 11.5 Å². The van der Waals surface area contributed by atoms with Crippen LogP contribution in [-0.2, 0) is 21.1 Å². The first-order valence-corrected chi connectivity index (χ1v) is 11.8. The third-order valence-corrected chi connectivity index (χ3v) is 7.05. The van der Waals surface area contributed by atoms with E-state index < -0.39 is 9.84 Å². The number of imidazole rings is 1. The SMILES string of the molecule is O=C(Cc1c(-c2ccccc2)nc2cc(Br)ccn12)Nc1ccc2c(c1)S(=O)(=O)C=C2. The Morgan fingerprint density at radius 3 is 2.68 bits per heavy atom. The third kappa shape index (κ3) is 3.68. The van der Waals surface area contributed by atoms with Gasteiger partial charge in [0.25, 0.3) is 0 Å². The molecule has 1 aliphatic heterocycles. The molecule has 0 spiro atoms. The van der Waals surface area contributed by atoms with Crippen molar-refractivity contribution in [3.8, 4) is 11.3 Å². The van der Waals surface area contributed by atoms with Crippen LogP contribution in [0.5, 0.6) is 0 Å². The third-order valence-electron chi connectivity index (χ3n) is 5.09. The van der Waals surface area contributed by atoms with Gasteiger partial charge in [0.2, 0.25) is 15.7 Å². The Morgan fingerprint density at radius 1 is 1.06 bits per heavy atom. The predicted octanol–water partition coefficient (Wildman–Crippen LogP) is 4.70. The van der Waals surface area contributed by atoms with Crippen LogP contribution >= 0.6 is 15.9 Å². The van der Waals surface area contributed by atoms with Gasteiger partial charge in [-0.05, 0) is 35.9 Å². The molecular formula is C23H16BrN3O3S. The molecule has 0 atom stereocenters. The summed E-state index contributed by atoms with van der Waals surface area (Å²) in [4.78, 5) is 17.8. The van der Waals surface area contributed by atoms with Gasteiger partial charge in [-0.3, -0.25) is 4.79 Å². The molecule has 1 N–H and O–H groups in total. The van der Waals surface area contributed by atoms with Crippen molar-refractivity contribution in [2.75, 3.05) is 5.32 Å². The Bertz CT molecular complexity index is 1470. The number of amides is 1.